The Kier molecular flexibility index (Phi) is 6.24. The van der Waals surface area contributed by atoms with Crippen LogP contribution in [0.15, 0.2) is 85.1 Å². The average molecular weight is 429 g/mol. The zero-order valence-corrected chi connectivity index (χ0v) is 17.7. The van der Waals surface area contributed by atoms with Crippen LogP contribution in [-0.4, -0.2) is 15.9 Å². The maximum Gasteiger partial charge on any atom is 0.251 e. The first-order valence-corrected chi connectivity index (χ1v) is 10.2. The Morgan fingerprint density at radius 1 is 0.903 bits per heavy atom. The van der Waals surface area contributed by atoms with Gasteiger partial charge in [-0.3, -0.25) is 4.79 Å². The lowest BCUT2D eigenvalue weighted by molar-refractivity contribution is 0.0951. The Morgan fingerprint density at radius 2 is 1.61 bits per heavy atom. The van der Waals surface area contributed by atoms with Gasteiger partial charge in [-0.05, 0) is 55.0 Å². The molecule has 6 heteroatoms. The third-order valence-electron chi connectivity index (χ3n) is 4.75. The van der Waals surface area contributed by atoms with Crippen LogP contribution in [0.25, 0.3) is 11.4 Å². The summed E-state index contributed by atoms with van der Waals surface area (Å²) in [5.41, 5.74) is 4.56. The number of carbonyl (C=O) groups excluding carboxylic acids is 1. The standard InChI is InChI=1S/C25H21ClN4O/c1-17-2-6-19(7-3-17)24-27-15-14-23(30-24)29-22-12-8-20(9-13-22)25(31)28-16-18-4-10-21(26)11-5-18/h2-15H,16H2,1H3,(H,28,31)(H,27,29,30). The highest BCUT2D eigenvalue weighted by molar-refractivity contribution is 6.30. The molecule has 0 radical (unpaired) electrons. The number of aromatic nitrogens is 2. The third kappa shape index (κ3) is 5.47. The van der Waals surface area contributed by atoms with E-state index in [0.717, 1.165) is 16.8 Å². The van der Waals surface area contributed by atoms with E-state index >= 15 is 0 Å². The predicted octanol–water partition coefficient (Wildman–Crippen LogP) is 5.78. The van der Waals surface area contributed by atoms with Gasteiger partial charge in [0.1, 0.15) is 5.82 Å². The molecule has 0 bridgehead atoms. The van der Waals surface area contributed by atoms with E-state index in [-0.39, 0.29) is 5.91 Å². The molecule has 0 atom stereocenters. The molecule has 2 N–H and O–H groups in total. The van der Waals surface area contributed by atoms with Crippen LogP contribution < -0.4 is 10.6 Å². The van der Waals surface area contributed by atoms with E-state index in [1.807, 2.05) is 61.5 Å². The summed E-state index contributed by atoms with van der Waals surface area (Å²) in [5.74, 6) is 1.21. The predicted molar refractivity (Wildman–Crippen MR) is 125 cm³/mol. The molecule has 0 unspecified atom stereocenters. The Hall–Kier alpha value is -3.70. The highest BCUT2D eigenvalue weighted by atomic mass is 35.5. The fourth-order valence-electron chi connectivity index (χ4n) is 3.01. The Labute approximate surface area is 186 Å². The lowest BCUT2D eigenvalue weighted by Crippen LogP contribution is -2.22. The number of anilines is 2. The van der Waals surface area contributed by atoms with Gasteiger partial charge in [0.05, 0.1) is 0 Å². The summed E-state index contributed by atoms with van der Waals surface area (Å²) >= 11 is 5.89. The summed E-state index contributed by atoms with van der Waals surface area (Å²) in [6.45, 7) is 2.49. The molecule has 0 aliphatic rings. The molecule has 3 aromatic carbocycles. The molecular weight excluding hydrogens is 408 g/mol. The minimum atomic E-state index is -0.134. The van der Waals surface area contributed by atoms with Crippen LogP contribution in [0.4, 0.5) is 11.5 Å². The van der Waals surface area contributed by atoms with Gasteiger partial charge in [0.25, 0.3) is 5.91 Å². The third-order valence-corrected chi connectivity index (χ3v) is 5.00. The van der Waals surface area contributed by atoms with Crippen molar-refractivity contribution in [1.29, 1.82) is 0 Å². The molecule has 0 fully saturated rings. The average Bonchev–Trinajstić information content (AvgIpc) is 2.80. The number of nitrogens with one attached hydrogen (secondary N) is 2. The first-order valence-electron chi connectivity index (χ1n) is 9.87. The van der Waals surface area contributed by atoms with Gasteiger partial charge in [-0.15, -0.1) is 0 Å². The van der Waals surface area contributed by atoms with Gasteiger partial charge in [0.2, 0.25) is 0 Å². The molecule has 1 heterocycles. The molecule has 1 amide bonds. The number of hydrogen-bond acceptors (Lipinski definition) is 4. The summed E-state index contributed by atoms with van der Waals surface area (Å²) in [6.07, 6.45) is 1.73. The fourth-order valence-corrected chi connectivity index (χ4v) is 3.14. The van der Waals surface area contributed by atoms with Crippen LogP contribution in [0.5, 0.6) is 0 Å². The first-order chi connectivity index (χ1) is 15.1. The number of amides is 1. The number of hydrogen-bond donors (Lipinski definition) is 2. The van der Waals surface area contributed by atoms with Crippen molar-refractivity contribution in [2.75, 3.05) is 5.32 Å². The SMILES string of the molecule is Cc1ccc(-c2nccc(Nc3ccc(C(=O)NCc4ccc(Cl)cc4)cc3)n2)cc1. The summed E-state index contributed by atoms with van der Waals surface area (Å²) < 4.78 is 0. The van der Waals surface area contributed by atoms with E-state index in [0.29, 0.717) is 28.8 Å². The molecule has 154 valence electrons. The van der Waals surface area contributed by atoms with Crippen molar-refractivity contribution in [2.45, 2.75) is 13.5 Å². The summed E-state index contributed by atoms with van der Waals surface area (Å²) in [5, 5.41) is 6.84. The van der Waals surface area contributed by atoms with Gasteiger partial charge in [-0.1, -0.05) is 53.6 Å². The van der Waals surface area contributed by atoms with Crippen molar-refractivity contribution < 1.29 is 4.79 Å². The van der Waals surface area contributed by atoms with E-state index < -0.39 is 0 Å². The van der Waals surface area contributed by atoms with Gasteiger partial charge < -0.3 is 10.6 Å². The molecule has 0 saturated heterocycles. The second-order valence-corrected chi connectivity index (χ2v) is 7.58. The fraction of sp³-hybridized carbons (Fsp3) is 0.0800. The number of rotatable bonds is 6. The largest absolute Gasteiger partial charge is 0.348 e. The maximum atomic E-state index is 12.4. The molecule has 31 heavy (non-hydrogen) atoms. The topological polar surface area (TPSA) is 66.9 Å². The van der Waals surface area contributed by atoms with Crippen LogP contribution in [0.2, 0.25) is 5.02 Å². The monoisotopic (exact) mass is 428 g/mol. The lowest BCUT2D eigenvalue weighted by atomic mass is 10.1. The second-order valence-electron chi connectivity index (χ2n) is 7.14. The Morgan fingerprint density at radius 3 is 2.32 bits per heavy atom. The van der Waals surface area contributed by atoms with Crippen molar-refractivity contribution in [1.82, 2.24) is 15.3 Å². The van der Waals surface area contributed by atoms with Gasteiger partial charge in [-0.25, -0.2) is 9.97 Å². The molecule has 1 aromatic heterocycles. The van der Waals surface area contributed by atoms with Crippen molar-refractivity contribution in [3.8, 4) is 11.4 Å². The van der Waals surface area contributed by atoms with E-state index in [2.05, 4.69) is 20.6 Å². The number of benzene rings is 3. The zero-order chi connectivity index (χ0) is 21.6. The van der Waals surface area contributed by atoms with Gasteiger partial charge in [-0.2, -0.15) is 0 Å². The van der Waals surface area contributed by atoms with E-state index in [1.165, 1.54) is 5.56 Å². The number of nitrogens with zero attached hydrogens (tertiary/aromatic N) is 2. The summed E-state index contributed by atoms with van der Waals surface area (Å²) in [6, 6.07) is 24.6. The zero-order valence-electron chi connectivity index (χ0n) is 17.0. The molecule has 5 nitrogen and oxygen atoms in total. The molecule has 0 saturated carbocycles. The highest BCUT2D eigenvalue weighted by Crippen LogP contribution is 2.20. The normalized spacial score (nSPS) is 10.5. The van der Waals surface area contributed by atoms with Crippen LogP contribution in [0.3, 0.4) is 0 Å². The maximum absolute atomic E-state index is 12.4. The second kappa shape index (κ2) is 9.41. The number of aryl methyl sites for hydroxylation is 1. The summed E-state index contributed by atoms with van der Waals surface area (Å²) in [7, 11) is 0. The van der Waals surface area contributed by atoms with Crippen molar-refractivity contribution >= 4 is 29.0 Å². The highest BCUT2D eigenvalue weighted by Gasteiger charge is 2.07. The quantitative estimate of drug-likeness (QED) is 0.408. The van der Waals surface area contributed by atoms with E-state index in [4.69, 9.17) is 11.6 Å². The van der Waals surface area contributed by atoms with Crippen LogP contribution >= 0.6 is 11.6 Å². The van der Waals surface area contributed by atoms with Gasteiger partial charge in [0, 0.05) is 34.6 Å². The smallest absolute Gasteiger partial charge is 0.251 e. The Bertz CT molecular complexity index is 1170. The molecule has 0 aliphatic carbocycles. The van der Waals surface area contributed by atoms with Gasteiger partial charge >= 0.3 is 0 Å². The molecule has 4 aromatic rings. The Balaban J connectivity index is 1.39. The van der Waals surface area contributed by atoms with E-state index in [1.54, 1.807) is 30.5 Å². The summed E-state index contributed by atoms with van der Waals surface area (Å²) in [4.78, 5) is 21.3. The van der Waals surface area contributed by atoms with Crippen molar-refractivity contribution in [3.05, 3.63) is 107 Å². The molecule has 0 aliphatic heterocycles. The minimum Gasteiger partial charge on any atom is -0.348 e. The van der Waals surface area contributed by atoms with Crippen molar-refractivity contribution in [2.24, 2.45) is 0 Å². The van der Waals surface area contributed by atoms with Crippen LogP contribution in [0, 0.1) is 6.92 Å². The number of halogens is 1. The van der Waals surface area contributed by atoms with Crippen LogP contribution in [0.1, 0.15) is 21.5 Å². The van der Waals surface area contributed by atoms with Crippen LogP contribution in [-0.2, 0) is 6.54 Å². The van der Waals surface area contributed by atoms with Gasteiger partial charge in [0.15, 0.2) is 5.82 Å². The molecule has 4 rings (SSSR count). The minimum absolute atomic E-state index is 0.134. The molecular formula is C25H21ClN4O. The number of carbonyl (C=O) groups is 1. The van der Waals surface area contributed by atoms with E-state index in [9.17, 15) is 4.79 Å². The lowest BCUT2D eigenvalue weighted by Gasteiger charge is -2.09. The van der Waals surface area contributed by atoms with Crippen molar-refractivity contribution in [3.63, 3.8) is 0 Å². The molecule has 0 spiro atoms. The first kappa shape index (κ1) is 20.6.